The van der Waals surface area contributed by atoms with Crippen molar-refractivity contribution in [2.45, 2.75) is 46.6 Å². The van der Waals surface area contributed by atoms with Crippen molar-refractivity contribution in [3.05, 3.63) is 0 Å². The van der Waals surface area contributed by atoms with E-state index in [4.69, 9.17) is 5.73 Å². The van der Waals surface area contributed by atoms with Crippen LogP contribution in [0.15, 0.2) is 0 Å². The Morgan fingerprint density at radius 1 is 1.33 bits per heavy atom. The highest BCUT2D eigenvalue weighted by Gasteiger charge is 2.29. The Morgan fingerprint density at radius 3 is 2.33 bits per heavy atom. The van der Waals surface area contributed by atoms with Crippen LogP contribution in [0.3, 0.4) is 0 Å². The van der Waals surface area contributed by atoms with Gasteiger partial charge < -0.3 is 11.1 Å². The third kappa shape index (κ3) is 4.58. The molecule has 0 saturated carbocycles. The Balaban J connectivity index is 2.30. The van der Waals surface area contributed by atoms with Crippen LogP contribution in [0.25, 0.3) is 0 Å². The number of amides is 1. The number of carbonyl (C=O) groups is 1. The number of rotatable bonds is 5. The maximum atomic E-state index is 11.9. The zero-order valence-corrected chi connectivity index (χ0v) is 12.3. The van der Waals surface area contributed by atoms with Gasteiger partial charge in [-0.25, -0.2) is 0 Å². The molecule has 1 unspecified atom stereocenters. The van der Waals surface area contributed by atoms with Crippen LogP contribution in [-0.4, -0.2) is 43.0 Å². The minimum absolute atomic E-state index is 0.146. The van der Waals surface area contributed by atoms with Gasteiger partial charge in [0.2, 0.25) is 5.91 Å². The van der Waals surface area contributed by atoms with E-state index in [0.29, 0.717) is 12.5 Å². The van der Waals surface area contributed by atoms with Gasteiger partial charge in [-0.3, -0.25) is 9.69 Å². The van der Waals surface area contributed by atoms with Crippen molar-refractivity contribution in [2.75, 3.05) is 26.2 Å². The largest absolute Gasteiger partial charge is 0.352 e. The fourth-order valence-corrected chi connectivity index (χ4v) is 2.12. The van der Waals surface area contributed by atoms with E-state index in [1.807, 2.05) is 0 Å². The van der Waals surface area contributed by atoms with Crippen LogP contribution < -0.4 is 11.1 Å². The van der Waals surface area contributed by atoms with E-state index < -0.39 is 0 Å². The van der Waals surface area contributed by atoms with Crippen LogP contribution in [0.2, 0.25) is 0 Å². The quantitative estimate of drug-likeness (QED) is 0.776. The number of nitrogens with two attached hydrogens (primary N) is 1. The second-order valence-corrected chi connectivity index (χ2v) is 6.39. The Morgan fingerprint density at radius 2 is 1.89 bits per heavy atom. The van der Waals surface area contributed by atoms with Gasteiger partial charge in [-0.05, 0) is 50.7 Å². The second-order valence-electron chi connectivity index (χ2n) is 6.39. The molecule has 3 N–H and O–H groups in total. The fourth-order valence-electron chi connectivity index (χ4n) is 2.12. The first-order valence-electron chi connectivity index (χ1n) is 7.08. The summed E-state index contributed by atoms with van der Waals surface area (Å²) in [6, 6.07) is 0.247. The van der Waals surface area contributed by atoms with E-state index in [1.54, 1.807) is 0 Å². The lowest BCUT2D eigenvalue weighted by Crippen LogP contribution is -2.47. The average Bonchev–Trinajstić information content (AvgIpc) is 2.32. The Hall–Kier alpha value is -0.610. The van der Waals surface area contributed by atoms with Gasteiger partial charge in [0.1, 0.15) is 0 Å². The van der Waals surface area contributed by atoms with E-state index >= 15 is 0 Å². The number of hydrogen-bond acceptors (Lipinski definition) is 3. The van der Waals surface area contributed by atoms with Gasteiger partial charge in [0.15, 0.2) is 0 Å². The molecule has 4 nitrogen and oxygen atoms in total. The minimum Gasteiger partial charge on any atom is -0.352 e. The molecule has 0 aromatic heterocycles. The first-order valence-corrected chi connectivity index (χ1v) is 7.08. The molecular formula is C14H29N3O. The molecule has 1 heterocycles. The number of piperidine rings is 1. The van der Waals surface area contributed by atoms with Crippen molar-refractivity contribution in [3.63, 3.8) is 0 Å². The molecule has 1 atom stereocenters. The molecule has 0 aromatic carbocycles. The van der Waals surface area contributed by atoms with Gasteiger partial charge in [0, 0.05) is 6.04 Å². The van der Waals surface area contributed by atoms with Gasteiger partial charge in [-0.15, -0.1) is 0 Å². The summed E-state index contributed by atoms with van der Waals surface area (Å²) in [5.74, 6) is 0.628. The summed E-state index contributed by atoms with van der Waals surface area (Å²) in [6.07, 6.45) is 2.19. The number of likely N-dealkylation sites (tertiary alicyclic amines) is 1. The van der Waals surface area contributed by atoms with Crippen LogP contribution in [0.5, 0.6) is 0 Å². The lowest BCUT2D eigenvalue weighted by atomic mass is 9.80. The highest BCUT2D eigenvalue weighted by molar-refractivity contribution is 5.78. The molecule has 4 heteroatoms. The van der Waals surface area contributed by atoms with Crippen LogP contribution in [0.4, 0.5) is 0 Å². The Labute approximate surface area is 111 Å². The summed E-state index contributed by atoms with van der Waals surface area (Å²) in [5, 5.41) is 3.06. The third-order valence-corrected chi connectivity index (χ3v) is 4.31. The van der Waals surface area contributed by atoms with E-state index in [-0.39, 0.29) is 17.4 Å². The molecule has 1 aliphatic heterocycles. The summed E-state index contributed by atoms with van der Waals surface area (Å²) in [7, 11) is 0. The van der Waals surface area contributed by atoms with Gasteiger partial charge in [-0.1, -0.05) is 20.8 Å². The Kier molecular flexibility index (Phi) is 5.60. The van der Waals surface area contributed by atoms with Crippen LogP contribution in [-0.2, 0) is 4.79 Å². The molecule has 1 fully saturated rings. The molecule has 1 amide bonds. The second kappa shape index (κ2) is 6.53. The highest BCUT2D eigenvalue weighted by Crippen LogP contribution is 2.29. The molecule has 0 aromatic rings. The van der Waals surface area contributed by atoms with E-state index in [2.05, 4.69) is 37.9 Å². The molecule has 18 heavy (non-hydrogen) atoms. The van der Waals surface area contributed by atoms with Gasteiger partial charge in [-0.2, -0.15) is 0 Å². The molecule has 0 radical (unpaired) electrons. The molecule has 0 aliphatic carbocycles. The first kappa shape index (κ1) is 15.4. The normalized spacial score (nSPS) is 21.9. The van der Waals surface area contributed by atoms with Gasteiger partial charge in [0.05, 0.1) is 6.54 Å². The monoisotopic (exact) mass is 255 g/mol. The standard InChI is InChI=1S/C14H29N3O/c1-11(2)12(3)16-13(18)9-17-7-5-14(4,10-15)6-8-17/h11-12H,5-10,15H2,1-4H3,(H,16,18). The van der Waals surface area contributed by atoms with Crippen molar-refractivity contribution in [2.24, 2.45) is 17.1 Å². The molecule has 1 aliphatic rings. The first-order chi connectivity index (χ1) is 8.36. The summed E-state index contributed by atoms with van der Waals surface area (Å²) in [5.41, 5.74) is 6.06. The van der Waals surface area contributed by atoms with E-state index in [1.165, 1.54) is 0 Å². The van der Waals surface area contributed by atoms with Crippen molar-refractivity contribution >= 4 is 5.91 Å². The maximum absolute atomic E-state index is 11.9. The van der Waals surface area contributed by atoms with Crippen molar-refractivity contribution in [3.8, 4) is 0 Å². The third-order valence-electron chi connectivity index (χ3n) is 4.31. The molecular weight excluding hydrogens is 226 g/mol. The smallest absolute Gasteiger partial charge is 0.234 e. The molecule has 0 spiro atoms. The summed E-state index contributed by atoms with van der Waals surface area (Å²) < 4.78 is 0. The molecule has 0 bridgehead atoms. The molecule has 1 rings (SSSR count). The number of nitrogens with one attached hydrogen (secondary N) is 1. The number of nitrogens with zero attached hydrogens (tertiary/aromatic N) is 1. The number of carbonyl (C=O) groups excluding carboxylic acids is 1. The molecule has 106 valence electrons. The SMILES string of the molecule is CC(C)C(C)NC(=O)CN1CCC(C)(CN)CC1. The lowest BCUT2D eigenvalue weighted by molar-refractivity contribution is -0.123. The van der Waals surface area contributed by atoms with Crippen LogP contribution in [0.1, 0.15) is 40.5 Å². The van der Waals surface area contributed by atoms with Crippen molar-refractivity contribution in [1.29, 1.82) is 0 Å². The van der Waals surface area contributed by atoms with Crippen molar-refractivity contribution < 1.29 is 4.79 Å². The predicted octanol–water partition coefficient (Wildman–Crippen LogP) is 1.21. The summed E-state index contributed by atoms with van der Waals surface area (Å²) in [6.45, 7) is 11.8. The predicted molar refractivity (Wildman–Crippen MR) is 75.3 cm³/mol. The van der Waals surface area contributed by atoms with E-state index in [9.17, 15) is 4.79 Å². The summed E-state index contributed by atoms with van der Waals surface area (Å²) >= 11 is 0. The van der Waals surface area contributed by atoms with Crippen LogP contribution >= 0.6 is 0 Å². The lowest BCUT2D eigenvalue weighted by Gasteiger charge is -2.38. The van der Waals surface area contributed by atoms with Crippen molar-refractivity contribution in [1.82, 2.24) is 10.2 Å². The fraction of sp³-hybridized carbons (Fsp3) is 0.929. The zero-order valence-electron chi connectivity index (χ0n) is 12.3. The summed E-state index contributed by atoms with van der Waals surface area (Å²) in [4.78, 5) is 14.1. The minimum atomic E-state index is 0.146. The highest BCUT2D eigenvalue weighted by atomic mass is 16.2. The Bertz CT molecular complexity index is 270. The average molecular weight is 255 g/mol. The topological polar surface area (TPSA) is 58.4 Å². The number of hydrogen-bond donors (Lipinski definition) is 2. The van der Waals surface area contributed by atoms with Gasteiger partial charge in [0.25, 0.3) is 0 Å². The zero-order chi connectivity index (χ0) is 13.8. The molecule has 1 saturated heterocycles. The van der Waals surface area contributed by atoms with E-state index in [0.717, 1.165) is 32.5 Å². The van der Waals surface area contributed by atoms with Gasteiger partial charge >= 0.3 is 0 Å². The maximum Gasteiger partial charge on any atom is 0.234 e. The van der Waals surface area contributed by atoms with Crippen LogP contribution in [0, 0.1) is 11.3 Å².